The van der Waals surface area contributed by atoms with Crippen molar-refractivity contribution in [3.63, 3.8) is 0 Å². The molecule has 1 N–H and O–H groups in total. The minimum Gasteiger partial charge on any atom is -0.378 e. The number of nitrogens with one attached hydrogen (secondary N) is 1. The van der Waals surface area contributed by atoms with Crippen molar-refractivity contribution < 1.29 is 14.1 Å². The zero-order valence-electron chi connectivity index (χ0n) is 10.9. The maximum atomic E-state index is 12.5. The van der Waals surface area contributed by atoms with Crippen LogP contribution in [0.1, 0.15) is 34.8 Å². The number of ether oxygens (including phenoxy) is 1. The molecule has 2 fully saturated rings. The first-order chi connectivity index (χ1) is 9.36. The molecular weight excluding hydrogens is 246 g/mol. The van der Waals surface area contributed by atoms with E-state index in [9.17, 15) is 4.79 Å². The second-order valence-corrected chi connectivity index (χ2v) is 5.06. The highest BCUT2D eigenvalue weighted by Gasteiger charge is 2.28. The van der Waals surface area contributed by atoms with Crippen LogP contribution >= 0.6 is 0 Å². The third kappa shape index (κ3) is 2.64. The Morgan fingerprint density at radius 3 is 3.00 bits per heavy atom. The molecule has 3 rings (SSSR count). The first kappa shape index (κ1) is 12.6. The maximum Gasteiger partial charge on any atom is 0.259 e. The summed E-state index contributed by atoms with van der Waals surface area (Å²) >= 11 is 0. The molecule has 0 unspecified atom stereocenters. The summed E-state index contributed by atoms with van der Waals surface area (Å²) in [6.07, 6.45) is 3.66. The number of piperidine rings is 1. The number of rotatable bonds is 2. The van der Waals surface area contributed by atoms with E-state index in [1.54, 1.807) is 0 Å². The maximum absolute atomic E-state index is 12.5. The van der Waals surface area contributed by atoms with Crippen LogP contribution in [0.5, 0.6) is 0 Å². The van der Waals surface area contributed by atoms with Gasteiger partial charge in [0.25, 0.3) is 5.91 Å². The molecule has 1 atom stereocenters. The molecule has 0 radical (unpaired) electrons. The molecule has 2 saturated heterocycles. The molecule has 3 heterocycles. The van der Waals surface area contributed by atoms with Crippen molar-refractivity contribution in [1.29, 1.82) is 0 Å². The summed E-state index contributed by atoms with van der Waals surface area (Å²) in [5.41, 5.74) is 1.43. The first-order valence-corrected chi connectivity index (χ1v) is 6.88. The Morgan fingerprint density at radius 1 is 1.42 bits per heavy atom. The molecule has 1 amide bonds. The fraction of sp³-hybridized carbons (Fsp3) is 0.692. The zero-order valence-corrected chi connectivity index (χ0v) is 10.9. The number of hydrogen-bond donors (Lipinski definition) is 1. The minimum absolute atomic E-state index is 0.0186. The fourth-order valence-corrected chi connectivity index (χ4v) is 2.72. The summed E-state index contributed by atoms with van der Waals surface area (Å²) in [6, 6.07) is 0. The molecule has 0 bridgehead atoms. The third-order valence-electron chi connectivity index (χ3n) is 3.81. The van der Waals surface area contributed by atoms with Crippen molar-refractivity contribution >= 4 is 5.91 Å². The van der Waals surface area contributed by atoms with Gasteiger partial charge in [0.1, 0.15) is 17.5 Å². The van der Waals surface area contributed by atoms with Crippen LogP contribution < -0.4 is 5.32 Å². The molecule has 0 aromatic carbocycles. The lowest BCUT2D eigenvalue weighted by atomic mass is 9.93. The summed E-state index contributed by atoms with van der Waals surface area (Å²) in [6.45, 7) is 4.42. The molecule has 19 heavy (non-hydrogen) atoms. The Kier molecular flexibility index (Phi) is 3.79. The van der Waals surface area contributed by atoms with Crippen molar-refractivity contribution in [3.8, 4) is 0 Å². The van der Waals surface area contributed by atoms with Crippen LogP contribution in [0.2, 0.25) is 0 Å². The highest BCUT2D eigenvalue weighted by molar-refractivity contribution is 5.95. The summed E-state index contributed by atoms with van der Waals surface area (Å²) in [4.78, 5) is 14.3. The van der Waals surface area contributed by atoms with Gasteiger partial charge in [-0.2, -0.15) is 0 Å². The summed E-state index contributed by atoms with van der Waals surface area (Å²) < 4.78 is 10.3. The van der Waals surface area contributed by atoms with E-state index in [0.717, 1.165) is 31.6 Å². The zero-order chi connectivity index (χ0) is 13.1. The average Bonchev–Trinajstić information content (AvgIpc) is 2.98. The van der Waals surface area contributed by atoms with E-state index >= 15 is 0 Å². The van der Waals surface area contributed by atoms with Gasteiger partial charge in [0.05, 0.1) is 13.2 Å². The predicted octanol–water partition coefficient (Wildman–Crippen LogP) is 0.614. The van der Waals surface area contributed by atoms with Crippen LogP contribution in [0.4, 0.5) is 0 Å². The minimum atomic E-state index is 0.0186. The van der Waals surface area contributed by atoms with Crippen molar-refractivity contribution in [2.24, 2.45) is 0 Å². The van der Waals surface area contributed by atoms with Crippen LogP contribution in [0.15, 0.2) is 10.8 Å². The molecule has 2 aliphatic rings. The number of nitrogens with zero attached hydrogens (tertiary/aromatic N) is 2. The molecule has 104 valence electrons. The van der Waals surface area contributed by atoms with Crippen LogP contribution in [-0.4, -0.2) is 55.4 Å². The monoisotopic (exact) mass is 265 g/mol. The SMILES string of the molecule is O=C(c1conc1[C@@H]1CCCNC1)N1CCOCC1. The van der Waals surface area contributed by atoms with Gasteiger partial charge in [-0.1, -0.05) is 5.16 Å². The van der Waals surface area contributed by atoms with Gasteiger partial charge in [0.15, 0.2) is 0 Å². The van der Waals surface area contributed by atoms with Crippen LogP contribution in [-0.2, 0) is 4.74 Å². The fourth-order valence-electron chi connectivity index (χ4n) is 2.72. The largest absolute Gasteiger partial charge is 0.378 e. The second-order valence-electron chi connectivity index (χ2n) is 5.06. The van der Waals surface area contributed by atoms with Crippen molar-refractivity contribution in [2.75, 3.05) is 39.4 Å². The smallest absolute Gasteiger partial charge is 0.259 e. The average molecular weight is 265 g/mol. The Labute approximate surface area is 112 Å². The number of amides is 1. The lowest BCUT2D eigenvalue weighted by molar-refractivity contribution is 0.0301. The molecule has 0 saturated carbocycles. The molecular formula is C13H19N3O3. The topological polar surface area (TPSA) is 67.6 Å². The van der Waals surface area contributed by atoms with Crippen LogP contribution in [0, 0.1) is 0 Å². The van der Waals surface area contributed by atoms with Gasteiger partial charge >= 0.3 is 0 Å². The second kappa shape index (κ2) is 5.71. The molecule has 6 heteroatoms. The van der Waals surface area contributed by atoms with E-state index in [1.165, 1.54) is 6.26 Å². The standard InChI is InChI=1S/C13H19N3O3/c17-13(16-4-6-18-7-5-16)11-9-19-15-12(11)10-2-1-3-14-8-10/h9-10,14H,1-8H2/t10-/m1/s1. The van der Waals surface area contributed by atoms with E-state index in [4.69, 9.17) is 9.26 Å². The lowest BCUT2D eigenvalue weighted by Gasteiger charge is -2.27. The van der Waals surface area contributed by atoms with Crippen molar-refractivity contribution in [2.45, 2.75) is 18.8 Å². The predicted molar refractivity (Wildman–Crippen MR) is 68.1 cm³/mol. The summed E-state index contributed by atoms with van der Waals surface area (Å²) in [5.74, 6) is 0.303. The van der Waals surface area contributed by atoms with Crippen molar-refractivity contribution in [1.82, 2.24) is 15.4 Å². The van der Waals surface area contributed by atoms with Gasteiger partial charge in [-0.3, -0.25) is 4.79 Å². The number of aromatic nitrogens is 1. The molecule has 0 spiro atoms. The van der Waals surface area contributed by atoms with Gasteiger partial charge in [0, 0.05) is 25.6 Å². The lowest BCUT2D eigenvalue weighted by Crippen LogP contribution is -2.41. The van der Waals surface area contributed by atoms with E-state index < -0.39 is 0 Å². The van der Waals surface area contributed by atoms with Crippen LogP contribution in [0.25, 0.3) is 0 Å². The van der Waals surface area contributed by atoms with Gasteiger partial charge < -0.3 is 19.5 Å². The Hall–Kier alpha value is -1.40. The van der Waals surface area contributed by atoms with E-state index in [2.05, 4.69) is 10.5 Å². The molecule has 1 aromatic heterocycles. The molecule has 1 aromatic rings. The Morgan fingerprint density at radius 2 is 2.26 bits per heavy atom. The third-order valence-corrected chi connectivity index (χ3v) is 3.81. The van der Waals surface area contributed by atoms with E-state index in [-0.39, 0.29) is 11.8 Å². The molecule has 6 nitrogen and oxygen atoms in total. The highest BCUT2D eigenvalue weighted by Crippen LogP contribution is 2.26. The van der Waals surface area contributed by atoms with E-state index in [1.807, 2.05) is 4.90 Å². The van der Waals surface area contributed by atoms with Gasteiger partial charge in [0.2, 0.25) is 0 Å². The van der Waals surface area contributed by atoms with Crippen molar-refractivity contribution in [3.05, 3.63) is 17.5 Å². The number of morpholine rings is 1. The Bertz CT molecular complexity index is 434. The van der Waals surface area contributed by atoms with Gasteiger partial charge in [-0.05, 0) is 19.4 Å². The molecule has 2 aliphatic heterocycles. The van der Waals surface area contributed by atoms with Crippen LogP contribution in [0.3, 0.4) is 0 Å². The number of hydrogen-bond acceptors (Lipinski definition) is 5. The van der Waals surface area contributed by atoms with Gasteiger partial charge in [-0.15, -0.1) is 0 Å². The first-order valence-electron chi connectivity index (χ1n) is 6.88. The highest BCUT2D eigenvalue weighted by atomic mass is 16.5. The normalized spacial score (nSPS) is 24.4. The number of carbonyl (C=O) groups is 1. The summed E-state index contributed by atoms with van der Waals surface area (Å²) in [7, 11) is 0. The van der Waals surface area contributed by atoms with Gasteiger partial charge in [-0.25, -0.2) is 0 Å². The van der Waals surface area contributed by atoms with E-state index in [0.29, 0.717) is 31.9 Å². The summed E-state index contributed by atoms with van der Waals surface area (Å²) in [5, 5.41) is 7.40. The Balaban J connectivity index is 1.76. The molecule has 0 aliphatic carbocycles. The quantitative estimate of drug-likeness (QED) is 0.848. The number of carbonyl (C=O) groups excluding carboxylic acids is 1.